The summed E-state index contributed by atoms with van der Waals surface area (Å²) in [7, 11) is 1.39. The molecule has 20 heavy (non-hydrogen) atoms. The molecule has 0 spiro atoms. The van der Waals surface area contributed by atoms with Gasteiger partial charge in [-0.25, -0.2) is 0 Å². The number of carbonyl (C=O) groups excluding carboxylic acids is 1. The standard InChI is InChI=1S/C15H17N3O2/c1-11(14-10-16-6-7-17-14)18-13-5-3-4-12(8-13)9-15(19)20-2/h3-8,10-11,18H,9H2,1-2H3. The minimum atomic E-state index is -0.246. The highest BCUT2D eigenvalue weighted by Gasteiger charge is 2.08. The predicted octanol–water partition coefficient (Wildman–Crippen LogP) is 2.37. The molecule has 1 aromatic carbocycles. The van der Waals surface area contributed by atoms with Crippen molar-refractivity contribution in [3.63, 3.8) is 0 Å². The Labute approximate surface area is 118 Å². The molecule has 1 N–H and O–H groups in total. The van der Waals surface area contributed by atoms with E-state index in [9.17, 15) is 4.79 Å². The molecule has 0 aliphatic carbocycles. The van der Waals surface area contributed by atoms with Crippen LogP contribution in [0, 0.1) is 0 Å². The van der Waals surface area contributed by atoms with Gasteiger partial charge in [-0.15, -0.1) is 0 Å². The van der Waals surface area contributed by atoms with Crippen LogP contribution in [0.2, 0.25) is 0 Å². The van der Waals surface area contributed by atoms with Gasteiger partial charge in [-0.1, -0.05) is 12.1 Å². The number of methoxy groups -OCH3 is 1. The molecule has 104 valence electrons. The van der Waals surface area contributed by atoms with E-state index in [0.717, 1.165) is 16.9 Å². The lowest BCUT2D eigenvalue weighted by Crippen LogP contribution is -2.09. The maximum absolute atomic E-state index is 11.3. The topological polar surface area (TPSA) is 64.1 Å². The molecular formula is C15H17N3O2. The lowest BCUT2D eigenvalue weighted by atomic mass is 10.1. The Hall–Kier alpha value is -2.43. The first kappa shape index (κ1) is 14.0. The Morgan fingerprint density at radius 1 is 1.40 bits per heavy atom. The van der Waals surface area contributed by atoms with Gasteiger partial charge in [-0.05, 0) is 24.6 Å². The Morgan fingerprint density at radius 3 is 2.95 bits per heavy atom. The molecule has 0 amide bonds. The molecule has 1 atom stereocenters. The van der Waals surface area contributed by atoms with Crippen LogP contribution in [0.3, 0.4) is 0 Å². The molecule has 5 nitrogen and oxygen atoms in total. The zero-order valence-electron chi connectivity index (χ0n) is 11.5. The fraction of sp³-hybridized carbons (Fsp3) is 0.267. The highest BCUT2D eigenvalue weighted by Crippen LogP contribution is 2.18. The number of esters is 1. The van der Waals surface area contributed by atoms with Crippen LogP contribution < -0.4 is 5.32 Å². The first-order valence-electron chi connectivity index (χ1n) is 6.37. The molecular weight excluding hydrogens is 254 g/mol. The molecule has 2 rings (SSSR count). The van der Waals surface area contributed by atoms with Crippen molar-refractivity contribution in [2.24, 2.45) is 0 Å². The highest BCUT2D eigenvalue weighted by atomic mass is 16.5. The first-order chi connectivity index (χ1) is 9.69. The van der Waals surface area contributed by atoms with Gasteiger partial charge < -0.3 is 10.1 Å². The molecule has 0 aliphatic heterocycles. The number of benzene rings is 1. The summed E-state index contributed by atoms with van der Waals surface area (Å²) in [6.45, 7) is 2.01. The average Bonchev–Trinajstić information content (AvgIpc) is 2.48. The summed E-state index contributed by atoms with van der Waals surface area (Å²) in [5, 5.41) is 3.34. The van der Waals surface area contributed by atoms with Gasteiger partial charge in [-0.2, -0.15) is 0 Å². The van der Waals surface area contributed by atoms with Gasteiger partial charge in [0.05, 0.1) is 31.5 Å². The summed E-state index contributed by atoms with van der Waals surface area (Å²) >= 11 is 0. The van der Waals surface area contributed by atoms with Crippen LogP contribution in [0.15, 0.2) is 42.9 Å². The smallest absolute Gasteiger partial charge is 0.309 e. The fourth-order valence-electron chi connectivity index (χ4n) is 1.87. The maximum atomic E-state index is 11.3. The van der Waals surface area contributed by atoms with Crippen LogP contribution in [0.25, 0.3) is 0 Å². The SMILES string of the molecule is COC(=O)Cc1cccc(NC(C)c2cnccn2)c1. The second kappa shape index (κ2) is 6.65. The molecule has 5 heteroatoms. The van der Waals surface area contributed by atoms with Crippen molar-refractivity contribution >= 4 is 11.7 Å². The summed E-state index contributed by atoms with van der Waals surface area (Å²) in [6.07, 6.45) is 5.32. The second-order valence-electron chi connectivity index (χ2n) is 4.45. The largest absolute Gasteiger partial charge is 0.469 e. The van der Waals surface area contributed by atoms with Crippen molar-refractivity contribution in [3.8, 4) is 0 Å². The quantitative estimate of drug-likeness (QED) is 0.846. The van der Waals surface area contributed by atoms with Crippen LogP contribution in [-0.2, 0) is 16.0 Å². The summed E-state index contributed by atoms with van der Waals surface area (Å²) in [4.78, 5) is 19.6. The fourth-order valence-corrected chi connectivity index (χ4v) is 1.87. The van der Waals surface area contributed by atoms with Crippen molar-refractivity contribution in [3.05, 3.63) is 54.1 Å². The van der Waals surface area contributed by atoms with Crippen LogP contribution in [0.1, 0.15) is 24.2 Å². The number of nitrogens with one attached hydrogen (secondary N) is 1. The predicted molar refractivity (Wildman–Crippen MR) is 76.2 cm³/mol. The van der Waals surface area contributed by atoms with Gasteiger partial charge in [0.15, 0.2) is 0 Å². The Bertz CT molecular complexity index is 572. The molecule has 0 saturated heterocycles. The van der Waals surface area contributed by atoms with Crippen LogP contribution >= 0.6 is 0 Å². The van der Waals surface area contributed by atoms with E-state index in [4.69, 9.17) is 0 Å². The molecule has 1 heterocycles. The Balaban J connectivity index is 2.06. The van der Waals surface area contributed by atoms with E-state index in [0.29, 0.717) is 0 Å². The summed E-state index contributed by atoms with van der Waals surface area (Å²) in [6, 6.07) is 7.73. The van der Waals surface area contributed by atoms with Crippen molar-refractivity contribution < 1.29 is 9.53 Å². The minimum Gasteiger partial charge on any atom is -0.469 e. The number of ether oxygens (including phenoxy) is 1. The molecule has 0 radical (unpaired) electrons. The molecule has 0 fully saturated rings. The third-order valence-corrected chi connectivity index (χ3v) is 2.91. The summed E-state index contributed by atoms with van der Waals surface area (Å²) < 4.78 is 4.67. The average molecular weight is 271 g/mol. The Kier molecular flexibility index (Phi) is 4.65. The van der Waals surface area contributed by atoms with Gasteiger partial charge >= 0.3 is 5.97 Å². The van der Waals surface area contributed by atoms with E-state index in [1.54, 1.807) is 18.6 Å². The summed E-state index contributed by atoms with van der Waals surface area (Å²) in [5.41, 5.74) is 2.71. The lowest BCUT2D eigenvalue weighted by Gasteiger charge is -2.15. The van der Waals surface area contributed by atoms with Gasteiger partial charge in [0.2, 0.25) is 0 Å². The maximum Gasteiger partial charge on any atom is 0.309 e. The molecule has 0 bridgehead atoms. The molecule has 2 aromatic rings. The van der Waals surface area contributed by atoms with E-state index in [1.807, 2.05) is 31.2 Å². The van der Waals surface area contributed by atoms with Gasteiger partial charge in [0.1, 0.15) is 0 Å². The van der Waals surface area contributed by atoms with E-state index >= 15 is 0 Å². The molecule has 1 unspecified atom stereocenters. The van der Waals surface area contributed by atoms with E-state index in [2.05, 4.69) is 20.0 Å². The van der Waals surface area contributed by atoms with Gasteiger partial charge in [0, 0.05) is 18.1 Å². The number of rotatable bonds is 5. The van der Waals surface area contributed by atoms with Crippen molar-refractivity contribution in [2.45, 2.75) is 19.4 Å². The van der Waals surface area contributed by atoms with Crippen LogP contribution in [0.4, 0.5) is 5.69 Å². The third-order valence-electron chi connectivity index (χ3n) is 2.91. The van der Waals surface area contributed by atoms with Crippen LogP contribution in [0.5, 0.6) is 0 Å². The van der Waals surface area contributed by atoms with Gasteiger partial charge in [-0.3, -0.25) is 14.8 Å². The van der Waals surface area contributed by atoms with Gasteiger partial charge in [0.25, 0.3) is 0 Å². The highest BCUT2D eigenvalue weighted by molar-refractivity contribution is 5.72. The van der Waals surface area contributed by atoms with Crippen molar-refractivity contribution in [1.29, 1.82) is 0 Å². The van der Waals surface area contributed by atoms with Crippen molar-refractivity contribution in [2.75, 3.05) is 12.4 Å². The number of carbonyl (C=O) groups is 1. The molecule has 0 aliphatic rings. The van der Waals surface area contributed by atoms with E-state index in [-0.39, 0.29) is 18.4 Å². The summed E-state index contributed by atoms with van der Waals surface area (Å²) in [5.74, 6) is -0.246. The number of hydrogen-bond acceptors (Lipinski definition) is 5. The first-order valence-corrected chi connectivity index (χ1v) is 6.37. The Morgan fingerprint density at radius 2 is 2.25 bits per heavy atom. The normalized spacial score (nSPS) is 11.7. The number of aromatic nitrogens is 2. The van der Waals surface area contributed by atoms with E-state index < -0.39 is 0 Å². The molecule has 0 saturated carbocycles. The molecule has 1 aromatic heterocycles. The number of nitrogens with zero attached hydrogens (tertiary/aromatic N) is 2. The second-order valence-corrected chi connectivity index (χ2v) is 4.45. The van der Waals surface area contributed by atoms with E-state index in [1.165, 1.54) is 7.11 Å². The number of hydrogen-bond donors (Lipinski definition) is 1. The monoisotopic (exact) mass is 271 g/mol. The van der Waals surface area contributed by atoms with Crippen molar-refractivity contribution in [1.82, 2.24) is 9.97 Å². The number of anilines is 1. The van der Waals surface area contributed by atoms with Crippen LogP contribution in [-0.4, -0.2) is 23.0 Å². The minimum absolute atomic E-state index is 0.0390. The zero-order valence-corrected chi connectivity index (χ0v) is 11.5. The zero-order chi connectivity index (χ0) is 14.4. The third kappa shape index (κ3) is 3.78. The lowest BCUT2D eigenvalue weighted by molar-refractivity contribution is -0.139.